The van der Waals surface area contributed by atoms with E-state index >= 15 is 0 Å². The van der Waals surface area contributed by atoms with Crippen molar-refractivity contribution in [3.63, 3.8) is 0 Å². The molecule has 2 N–H and O–H groups in total. The van der Waals surface area contributed by atoms with E-state index in [0.717, 1.165) is 62.1 Å². The molecule has 4 rings (SSSR count). The summed E-state index contributed by atoms with van der Waals surface area (Å²) in [7, 11) is 0. The minimum Gasteiger partial charge on any atom is -0.368 e. The summed E-state index contributed by atoms with van der Waals surface area (Å²) in [6.07, 6.45) is 7.58. The molecule has 0 aliphatic carbocycles. The molecule has 1 amide bonds. The zero-order chi connectivity index (χ0) is 19.3. The maximum absolute atomic E-state index is 12.5. The number of piperidine rings is 1. The van der Waals surface area contributed by atoms with Crippen LogP contribution < -0.4 is 15.5 Å². The van der Waals surface area contributed by atoms with Crippen LogP contribution in [0.15, 0.2) is 42.7 Å². The number of carbonyl (C=O) groups excluding carboxylic acids is 1. The monoisotopic (exact) mass is 375 g/mol. The zero-order valence-corrected chi connectivity index (χ0v) is 15.9. The summed E-state index contributed by atoms with van der Waals surface area (Å²) in [5.41, 5.74) is 3.66. The molecule has 2 fully saturated rings. The number of nitriles is 1. The van der Waals surface area contributed by atoms with Crippen molar-refractivity contribution >= 4 is 11.6 Å². The first-order valence-electron chi connectivity index (χ1n) is 9.98. The molecule has 1 aromatic heterocycles. The van der Waals surface area contributed by atoms with Gasteiger partial charge >= 0.3 is 0 Å². The minimum absolute atomic E-state index is 0.0582. The van der Waals surface area contributed by atoms with Crippen LogP contribution in [0, 0.1) is 11.3 Å². The van der Waals surface area contributed by atoms with Gasteiger partial charge in [-0.3, -0.25) is 9.78 Å². The van der Waals surface area contributed by atoms with E-state index in [2.05, 4.69) is 26.6 Å². The van der Waals surface area contributed by atoms with Gasteiger partial charge in [-0.1, -0.05) is 12.5 Å². The molecule has 2 atom stereocenters. The number of benzene rings is 1. The quantitative estimate of drug-likeness (QED) is 0.858. The van der Waals surface area contributed by atoms with E-state index in [1.54, 1.807) is 12.4 Å². The molecular formula is C22H25N5O. The fraction of sp³-hybridized carbons (Fsp3) is 0.409. The van der Waals surface area contributed by atoms with Gasteiger partial charge in [0.05, 0.1) is 17.3 Å². The average Bonchev–Trinajstić information content (AvgIpc) is 3.22. The second kappa shape index (κ2) is 8.41. The lowest BCUT2D eigenvalue weighted by Crippen LogP contribution is -2.50. The molecule has 0 radical (unpaired) electrons. The average molecular weight is 375 g/mol. The van der Waals surface area contributed by atoms with E-state index in [-0.39, 0.29) is 18.0 Å². The van der Waals surface area contributed by atoms with Gasteiger partial charge < -0.3 is 15.5 Å². The standard InChI is InChI=1S/C22H25N5O/c23-14-18-13-17(16-6-10-24-11-7-16)4-5-21(18)27-12-8-19(15-27)26-22(28)20-3-1-2-9-25-20/h4-7,10-11,13,19-20,25H,1-3,8-9,12,15H2,(H,26,28). The Morgan fingerprint density at radius 2 is 2.04 bits per heavy atom. The molecule has 2 aromatic rings. The van der Waals surface area contributed by atoms with E-state index in [0.29, 0.717) is 5.56 Å². The van der Waals surface area contributed by atoms with Crippen molar-refractivity contribution < 1.29 is 4.79 Å². The molecule has 2 aliphatic rings. The van der Waals surface area contributed by atoms with Crippen LogP contribution in [-0.2, 0) is 4.79 Å². The van der Waals surface area contributed by atoms with Gasteiger partial charge in [0.2, 0.25) is 5.91 Å². The van der Waals surface area contributed by atoms with E-state index in [1.165, 1.54) is 0 Å². The topological polar surface area (TPSA) is 81.1 Å². The van der Waals surface area contributed by atoms with Crippen LogP contribution in [0.1, 0.15) is 31.2 Å². The Hall–Kier alpha value is -2.91. The lowest BCUT2D eigenvalue weighted by Gasteiger charge is -2.25. The van der Waals surface area contributed by atoms with E-state index in [9.17, 15) is 10.1 Å². The number of amides is 1. The first kappa shape index (κ1) is 18.5. The maximum atomic E-state index is 12.5. The van der Waals surface area contributed by atoms with E-state index in [1.807, 2.05) is 30.3 Å². The molecule has 6 heteroatoms. The third kappa shape index (κ3) is 4.00. The third-order valence-electron chi connectivity index (χ3n) is 5.63. The number of anilines is 1. The first-order chi connectivity index (χ1) is 13.7. The Kier molecular flexibility index (Phi) is 5.54. The Labute approximate surface area is 165 Å². The molecule has 0 spiro atoms. The predicted octanol–water partition coefficient (Wildman–Crippen LogP) is 2.46. The smallest absolute Gasteiger partial charge is 0.237 e. The highest BCUT2D eigenvalue weighted by Gasteiger charge is 2.28. The summed E-state index contributed by atoms with van der Waals surface area (Å²) in [5, 5.41) is 16.2. The molecule has 144 valence electrons. The van der Waals surface area contributed by atoms with Crippen molar-refractivity contribution in [2.24, 2.45) is 0 Å². The molecule has 6 nitrogen and oxygen atoms in total. The summed E-state index contributed by atoms with van der Waals surface area (Å²) in [4.78, 5) is 18.7. The fourth-order valence-electron chi connectivity index (χ4n) is 4.10. The number of pyridine rings is 1. The molecule has 28 heavy (non-hydrogen) atoms. The van der Waals surface area contributed by atoms with Gasteiger partial charge in [0.1, 0.15) is 6.07 Å². The summed E-state index contributed by atoms with van der Waals surface area (Å²) in [5.74, 6) is 0.111. The van der Waals surface area contributed by atoms with Crippen LogP contribution in [0.3, 0.4) is 0 Å². The van der Waals surface area contributed by atoms with Gasteiger partial charge in [0, 0.05) is 31.5 Å². The lowest BCUT2D eigenvalue weighted by molar-refractivity contribution is -0.124. The fourth-order valence-corrected chi connectivity index (χ4v) is 4.10. The number of carbonyl (C=O) groups is 1. The molecule has 2 saturated heterocycles. The van der Waals surface area contributed by atoms with Gasteiger partial charge in [0.25, 0.3) is 0 Å². The highest BCUT2D eigenvalue weighted by atomic mass is 16.2. The molecule has 0 bridgehead atoms. The van der Waals surface area contributed by atoms with Crippen molar-refractivity contribution in [1.82, 2.24) is 15.6 Å². The number of hydrogen-bond acceptors (Lipinski definition) is 5. The minimum atomic E-state index is -0.0582. The van der Waals surface area contributed by atoms with Gasteiger partial charge in [-0.2, -0.15) is 5.26 Å². The summed E-state index contributed by atoms with van der Waals surface area (Å²) in [6, 6.07) is 12.3. The predicted molar refractivity (Wildman–Crippen MR) is 109 cm³/mol. The second-order valence-electron chi connectivity index (χ2n) is 7.52. The number of aromatic nitrogens is 1. The highest BCUT2D eigenvalue weighted by Crippen LogP contribution is 2.29. The van der Waals surface area contributed by atoms with Gasteiger partial charge in [-0.25, -0.2) is 0 Å². The van der Waals surface area contributed by atoms with Crippen LogP contribution in [0.4, 0.5) is 5.69 Å². The molecule has 1 aromatic carbocycles. The third-order valence-corrected chi connectivity index (χ3v) is 5.63. The van der Waals surface area contributed by atoms with Crippen LogP contribution in [0.5, 0.6) is 0 Å². The van der Waals surface area contributed by atoms with Gasteiger partial charge in [-0.05, 0) is 61.2 Å². The molecule has 3 heterocycles. The number of nitrogens with one attached hydrogen (secondary N) is 2. The number of rotatable bonds is 4. The normalized spacial score (nSPS) is 21.9. The molecule has 2 aliphatic heterocycles. The van der Waals surface area contributed by atoms with Crippen molar-refractivity contribution in [2.45, 2.75) is 37.8 Å². The number of hydrogen-bond donors (Lipinski definition) is 2. The second-order valence-corrected chi connectivity index (χ2v) is 7.52. The van der Waals surface area contributed by atoms with Crippen molar-refractivity contribution in [1.29, 1.82) is 5.26 Å². The van der Waals surface area contributed by atoms with E-state index in [4.69, 9.17) is 0 Å². The molecule has 2 unspecified atom stereocenters. The molecule has 0 saturated carbocycles. The van der Waals surface area contributed by atoms with Gasteiger partial charge in [-0.15, -0.1) is 0 Å². The van der Waals surface area contributed by atoms with Crippen LogP contribution >= 0.6 is 0 Å². The van der Waals surface area contributed by atoms with Crippen molar-refractivity contribution in [3.05, 3.63) is 48.3 Å². The highest BCUT2D eigenvalue weighted by molar-refractivity contribution is 5.82. The maximum Gasteiger partial charge on any atom is 0.237 e. The largest absolute Gasteiger partial charge is 0.368 e. The first-order valence-corrected chi connectivity index (χ1v) is 9.98. The van der Waals surface area contributed by atoms with Crippen molar-refractivity contribution in [2.75, 3.05) is 24.5 Å². The molecular weight excluding hydrogens is 350 g/mol. The zero-order valence-electron chi connectivity index (χ0n) is 15.9. The Morgan fingerprint density at radius 3 is 2.79 bits per heavy atom. The van der Waals surface area contributed by atoms with E-state index < -0.39 is 0 Å². The van der Waals surface area contributed by atoms with Crippen LogP contribution in [0.2, 0.25) is 0 Å². The summed E-state index contributed by atoms with van der Waals surface area (Å²) in [6.45, 7) is 2.50. The summed E-state index contributed by atoms with van der Waals surface area (Å²) < 4.78 is 0. The van der Waals surface area contributed by atoms with Crippen LogP contribution in [-0.4, -0.2) is 42.6 Å². The SMILES string of the molecule is N#Cc1cc(-c2ccncc2)ccc1N1CCC(NC(=O)C2CCCCN2)C1. The lowest BCUT2D eigenvalue weighted by atomic mass is 10.0. The summed E-state index contributed by atoms with van der Waals surface area (Å²) >= 11 is 0. The Morgan fingerprint density at radius 1 is 1.18 bits per heavy atom. The Bertz CT molecular complexity index is 870. The Balaban J connectivity index is 1.43. The van der Waals surface area contributed by atoms with Crippen molar-refractivity contribution in [3.8, 4) is 17.2 Å². The van der Waals surface area contributed by atoms with Gasteiger partial charge in [0.15, 0.2) is 0 Å². The number of nitrogens with zero attached hydrogens (tertiary/aromatic N) is 3. The van der Waals surface area contributed by atoms with Crippen LogP contribution in [0.25, 0.3) is 11.1 Å².